The molecule has 0 saturated heterocycles. The van der Waals surface area contributed by atoms with Crippen LogP contribution in [0.25, 0.3) is 11.1 Å². The predicted molar refractivity (Wildman–Crippen MR) is 132 cm³/mol. The summed E-state index contributed by atoms with van der Waals surface area (Å²) in [6, 6.07) is 16.8. The first-order valence-electron chi connectivity index (χ1n) is 11.6. The molecule has 1 saturated carbocycles. The summed E-state index contributed by atoms with van der Waals surface area (Å²) in [5, 5.41) is 12.2. The van der Waals surface area contributed by atoms with E-state index in [0.717, 1.165) is 72.9 Å². The zero-order valence-electron chi connectivity index (χ0n) is 18.7. The molecule has 2 heterocycles. The van der Waals surface area contributed by atoms with E-state index in [2.05, 4.69) is 44.6 Å². The first-order valence-corrected chi connectivity index (χ1v) is 12.0. The molecule has 0 atom stereocenters. The Morgan fingerprint density at radius 3 is 2.61 bits per heavy atom. The Balaban J connectivity index is 1.25. The van der Waals surface area contributed by atoms with Crippen LogP contribution in [0.3, 0.4) is 0 Å². The number of hydrazine groups is 1. The highest BCUT2D eigenvalue weighted by molar-refractivity contribution is 6.30. The van der Waals surface area contributed by atoms with E-state index in [1.165, 1.54) is 11.1 Å². The van der Waals surface area contributed by atoms with E-state index in [9.17, 15) is 5.11 Å². The van der Waals surface area contributed by atoms with Gasteiger partial charge in [0.2, 0.25) is 0 Å². The number of nitrogens with zero attached hydrogens (tertiary/aromatic N) is 3. The van der Waals surface area contributed by atoms with Crippen LogP contribution >= 0.6 is 11.6 Å². The lowest BCUT2D eigenvalue weighted by atomic mass is 9.76. The third-order valence-corrected chi connectivity index (χ3v) is 7.52. The van der Waals surface area contributed by atoms with Gasteiger partial charge in [0.05, 0.1) is 11.3 Å². The van der Waals surface area contributed by atoms with E-state index in [-0.39, 0.29) is 0 Å². The van der Waals surface area contributed by atoms with Gasteiger partial charge in [-0.05, 0) is 60.9 Å². The van der Waals surface area contributed by atoms with Gasteiger partial charge in [-0.25, -0.2) is 15.8 Å². The van der Waals surface area contributed by atoms with Crippen LogP contribution in [-0.4, -0.2) is 38.2 Å². The van der Waals surface area contributed by atoms with Crippen LogP contribution in [-0.2, 0) is 19.4 Å². The van der Waals surface area contributed by atoms with Gasteiger partial charge in [0.15, 0.2) is 0 Å². The molecule has 0 spiro atoms. The first-order chi connectivity index (χ1) is 16.0. The van der Waals surface area contributed by atoms with Crippen molar-refractivity contribution in [3.8, 4) is 11.1 Å². The topological polar surface area (TPSA) is 87.3 Å². The summed E-state index contributed by atoms with van der Waals surface area (Å²) >= 11 is 6.08. The largest absolute Gasteiger partial charge is 0.390 e. The van der Waals surface area contributed by atoms with Gasteiger partial charge in [-0.2, -0.15) is 0 Å². The number of halogens is 1. The van der Waals surface area contributed by atoms with E-state index in [0.29, 0.717) is 12.5 Å². The van der Waals surface area contributed by atoms with Crippen molar-refractivity contribution in [2.24, 2.45) is 5.84 Å². The molecule has 33 heavy (non-hydrogen) atoms. The maximum Gasteiger partial charge on any atom is 0.146 e. The number of fused-ring (bicyclic) bond motifs is 1. The number of benzene rings is 2. The number of hydrogen-bond donors (Lipinski definition) is 3. The summed E-state index contributed by atoms with van der Waals surface area (Å²) in [6.45, 7) is 1.78. The zero-order chi connectivity index (χ0) is 22.8. The van der Waals surface area contributed by atoms with Crippen LogP contribution in [0.5, 0.6) is 0 Å². The lowest BCUT2D eigenvalue weighted by Gasteiger charge is -2.42. The summed E-state index contributed by atoms with van der Waals surface area (Å²) in [5.41, 5.74) is 7.69. The van der Waals surface area contributed by atoms with E-state index >= 15 is 0 Å². The molecule has 1 aromatic heterocycles. The Morgan fingerprint density at radius 2 is 1.85 bits per heavy atom. The van der Waals surface area contributed by atoms with Crippen molar-refractivity contribution in [3.05, 3.63) is 76.7 Å². The van der Waals surface area contributed by atoms with Gasteiger partial charge in [0, 0.05) is 36.1 Å². The summed E-state index contributed by atoms with van der Waals surface area (Å²) < 4.78 is 0. The first kappa shape index (κ1) is 22.3. The molecule has 0 radical (unpaired) electrons. The molecule has 2 aliphatic rings. The van der Waals surface area contributed by atoms with Gasteiger partial charge in [0.25, 0.3) is 0 Å². The third-order valence-electron chi connectivity index (χ3n) is 7.27. The molecule has 0 amide bonds. The number of nitrogens with two attached hydrogens (primary N) is 1. The van der Waals surface area contributed by atoms with Gasteiger partial charge in [0.1, 0.15) is 12.1 Å². The molecule has 1 aliphatic carbocycles. The van der Waals surface area contributed by atoms with E-state index in [1.54, 1.807) is 6.33 Å². The normalized spacial score (nSPS) is 23.2. The third kappa shape index (κ3) is 4.75. The number of nitrogens with one attached hydrogen (secondary N) is 1. The van der Waals surface area contributed by atoms with Crippen molar-refractivity contribution in [2.45, 2.75) is 56.7 Å². The minimum atomic E-state index is -0.675. The molecule has 4 N–H and O–H groups in total. The predicted octanol–water partition coefficient (Wildman–Crippen LogP) is 4.36. The van der Waals surface area contributed by atoms with Crippen LogP contribution in [0.15, 0.2) is 54.9 Å². The summed E-state index contributed by atoms with van der Waals surface area (Å²) in [5.74, 6) is 6.34. The average molecular weight is 464 g/mol. The lowest BCUT2D eigenvalue weighted by molar-refractivity contribution is -0.0221. The maximum atomic E-state index is 11.5. The monoisotopic (exact) mass is 463 g/mol. The van der Waals surface area contributed by atoms with Gasteiger partial charge >= 0.3 is 0 Å². The Bertz CT molecular complexity index is 1110. The van der Waals surface area contributed by atoms with Crippen molar-refractivity contribution in [2.75, 3.05) is 12.0 Å². The molecule has 3 aromatic rings. The second-order valence-corrected chi connectivity index (χ2v) is 9.75. The highest BCUT2D eigenvalue weighted by Crippen LogP contribution is 2.37. The van der Waals surface area contributed by atoms with Gasteiger partial charge in [-0.15, -0.1) is 0 Å². The van der Waals surface area contributed by atoms with Crippen molar-refractivity contribution in [1.82, 2.24) is 14.9 Å². The molecule has 0 unspecified atom stereocenters. The molecule has 5 rings (SSSR count). The number of nitrogen functional groups attached to an aromatic ring is 1. The highest BCUT2D eigenvalue weighted by atomic mass is 35.5. The van der Waals surface area contributed by atoms with Crippen LogP contribution in [0, 0.1) is 0 Å². The van der Waals surface area contributed by atoms with Crippen molar-refractivity contribution < 1.29 is 5.11 Å². The van der Waals surface area contributed by atoms with Crippen molar-refractivity contribution in [1.29, 1.82) is 0 Å². The molecule has 1 aliphatic heterocycles. The van der Waals surface area contributed by atoms with Gasteiger partial charge in [-0.3, -0.25) is 4.90 Å². The quantitative estimate of drug-likeness (QED) is 0.385. The fourth-order valence-electron chi connectivity index (χ4n) is 5.43. The summed E-state index contributed by atoms with van der Waals surface area (Å²) in [7, 11) is 0. The number of hydrogen-bond acceptors (Lipinski definition) is 6. The molecular formula is C26H30ClN5O. The second-order valence-electron chi connectivity index (χ2n) is 9.31. The van der Waals surface area contributed by atoms with Crippen LogP contribution in [0.4, 0.5) is 5.82 Å². The number of aliphatic hydroxyl groups is 1. The SMILES string of the molecule is NNc1ncnc2c1CCN(C1CCC(O)(Cc3ccccc3-c3ccc(Cl)cc3)CC1)C2. The average Bonchev–Trinajstić information content (AvgIpc) is 2.84. The minimum Gasteiger partial charge on any atom is -0.390 e. The van der Waals surface area contributed by atoms with E-state index in [1.807, 2.05) is 24.3 Å². The molecule has 7 heteroatoms. The van der Waals surface area contributed by atoms with Crippen LogP contribution < -0.4 is 11.3 Å². The molecular weight excluding hydrogens is 434 g/mol. The minimum absolute atomic E-state index is 0.467. The Labute approximate surface area is 199 Å². The van der Waals surface area contributed by atoms with Crippen LogP contribution in [0.2, 0.25) is 5.02 Å². The van der Waals surface area contributed by atoms with Crippen molar-refractivity contribution >= 4 is 17.4 Å². The van der Waals surface area contributed by atoms with E-state index in [4.69, 9.17) is 17.4 Å². The van der Waals surface area contributed by atoms with Crippen LogP contribution in [0.1, 0.15) is 42.5 Å². The number of anilines is 1. The fraction of sp³-hybridized carbons (Fsp3) is 0.385. The van der Waals surface area contributed by atoms with E-state index < -0.39 is 5.60 Å². The van der Waals surface area contributed by atoms with Gasteiger partial charge < -0.3 is 10.5 Å². The second kappa shape index (κ2) is 9.39. The standard InChI is InChI=1S/C26H30ClN5O/c27-20-7-5-18(6-8-20)22-4-2-1-3-19(22)15-26(33)12-9-21(10-13-26)32-14-11-23-24(16-32)29-17-30-25(23)31-28/h1-8,17,21,33H,9-16,28H2,(H,29,30,31). The smallest absolute Gasteiger partial charge is 0.146 e. The Kier molecular flexibility index (Phi) is 6.34. The molecule has 6 nitrogen and oxygen atoms in total. The summed E-state index contributed by atoms with van der Waals surface area (Å²) in [4.78, 5) is 11.2. The molecule has 172 valence electrons. The highest BCUT2D eigenvalue weighted by Gasteiger charge is 2.37. The number of aromatic nitrogens is 2. The fourth-order valence-corrected chi connectivity index (χ4v) is 5.56. The number of rotatable bonds is 5. The molecule has 2 aromatic carbocycles. The lowest BCUT2D eigenvalue weighted by Crippen LogP contribution is -2.46. The van der Waals surface area contributed by atoms with Gasteiger partial charge in [-0.1, -0.05) is 48.0 Å². The molecule has 1 fully saturated rings. The zero-order valence-corrected chi connectivity index (χ0v) is 19.4. The summed E-state index contributed by atoms with van der Waals surface area (Å²) in [6.07, 6.45) is 6.72. The maximum absolute atomic E-state index is 11.5. The van der Waals surface area contributed by atoms with Crippen molar-refractivity contribution in [3.63, 3.8) is 0 Å². The molecule has 0 bridgehead atoms. The Hall–Kier alpha value is -2.51. The Morgan fingerprint density at radius 1 is 1.09 bits per heavy atom.